The maximum Gasteiger partial charge on any atom is 0.134 e. The molecule has 1 aromatic heterocycles. The van der Waals surface area contributed by atoms with Gasteiger partial charge in [0, 0.05) is 38.2 Å². The summed E-state index contributed by atoms with van der Waals surface area (Å²) in [6, 6.07) is 7.82. The Morgan fingerprint density at radius 3 is 2.54 bits per heavy atom. The van der Waals surface area contributed by atoms with Crippen molar-refractivity contribution in [3.05, 3.63) is 46.2 Å². The number of benzene rings is 1. The van der Waals surface area contributed by atoms with Gasteiger partial charge in [-0.05, 0) is 30.5 Å². The molecule has 2 aromatic rings. The molecular weight excluding hydrogens is 345 g/mol. The third kappa shape index (κ3) is 3.29. The maximum absolute atomic E-state index is 6.20. The molecule has 0 saturated carbocycles. The van der Waals surface area contributed by atoms with E-state index in [2.05, 4.69) is 20.2 Å². The Bertz CT molecular complexity index is 714. The Morgan fingerprint density at radius 2 is 1.92 bits per heavy atom. The second kappa shape index (κ2) is 7.13. The van der Waals surface area contributed by atoms with Crippen molar-refractivity contribution in [1.82, 2.24) is 9.97 Å². The van der Waals surface area contributed by atoms with Crippen molar-refractivity contribution < 1.29 is 0 Å². The van der Waals surface area contributed by atoms with Gasteiger partial charge in [0.15, 0.2) is 0 Å². The number of rotatable bonds is 4. The second-order valence-corrected chi connectivity index (χ2v) is 6.93. The highest BCUT2D eigenvalue weighted by Crippen LogP contribution is 2.38. The van der Waals surface area contributed by atoms with Crippen LogP contribution in [0.25, 0.3) is 0 Å². The molecule has 0 bridgehead atoms. The molecule has 0 amide bonds. The Morgan fingerprint density at radius 1 is 1.17 bits per heavy atom. The van der Waals surface area contributed by atoms with E-state index < -0.39 is 0 Å². The molecule has 24 heavy (non-hydrogen) atoms. The molecule has 0 atom stereocenters. The first-order valence-electron chi connectivity index (χ1n) is 7.98. The number of nitrogens with one attached hydrogen (secondary N) is 1. The van der Waals surface area contributed by atoms with Crippen LogP contribution in [0, 0.1) is 0 Å². The van der Waals surface area contributed by atoms with Crippen LogP contribution in [0.15, 0.2) is 30.6 Å². The van der Waals surface area contributed by atoms with E-state index >= 15 is 0 Å². The highest BCUT2D eigenvalue weighted by atomic mass is 35.5. The Hall–Kier alpha value is -1.56. The summed E-state index contributed by atoms with van der Waals surface area (Å²) in [6.07, 6.45) is 3.48. The van der Waals surface area contributed by atoms with Gasteiger partial charge in [0.2, 0.25) is 0 Å². The van der Waals surface area contributed by atoms with Crippen LogP contribution in [-0.2, 0) is 5.41 Å². The molecule has 0 spiro atoms. The minimum absolute atomic E-state index is 0.0659. The van der Waals surface area contributed by atoms with Gasteiger partial charge in [0.25, 0.3) is 0 Å². The number of anilines is 2. The fourth-order valence-corrected chi connectivity index (χ4v) is 3.56. The molecule has 0 radical (unpaired) electrons. The Kier molecular flexibility index (Phi) is 5.13. The number of nitrogens with zero attached hydrogens (tertiary/aromatic N) is 3. The second-order valence-electron chi connectivity index (χ2n) is 6.11. The van der Waals surface area contributed by atoms with Gasteiger partial charge in [-0.25, -0.2) is 9.97 Å². The third-order valence-electron chi connectivity index (χ3n) is 4.88. The molecule has 3 rings (SSSR count). The summed E-state index contributed by atoms with van der Waals surface area (Å²) in [7, 11) is 1.85. The number of halogens is 2. The van der Waals surface area contributed by atoms with Crippen LogP contribution < -0.4 is 16.0 Å². The number of hydrogen-bond donors (Lipinski definition) is 2. The van der Waals surface area contributed by atoms with Crippen molar-refractivity contribution in [3.63, 3.8) is 0 Å². The topological polar surface area (TPSA) is 67.1 Å². The zero-order valence-corrected chi connectivity index (χ0v) is 15.1. The van der Waals surface area contributed by atoms with E-state index in [1.807, 2.05) is 31.3 Å². The highest BCUT2D eigenvalue weighted by molar-refractivity contribution is 6.42. The molecule has 1 aromatic carbocycles. The lowest BCUT2D eigenvalue weighted by Gasteiger charge is -2.42. The lowest BCUT2D eigenvalue weighted by Crippen LogP contribution is -2.47. The summed E-state index contributed by atoms with van der Waals surface area (Å²) in [6.45, 7) is 2.36. The molecule has 7 heteroatoms. The van der Waals surface area contributed by atoms with Gasteiger partial charge < -0.3 is 16.0 Å². The Labute approximate surface area is 152 Å². The largest absolute Gasteiger partial charge is 0.373 e. The standard InChI is InChI=1S/C17H21Cl2N5/c1-21-15-9-16(23-11-22-15)24-6-4-17(10-20,5-7-24)12-2-3-13(18)14(19)8-12/h2-3,8-9,11H,4-7,10,20H2,1H3,(H,21,22,23). The molecule has 3 N–H and O–H groups in total. The lowest BCUT2D eigenvalue weighted by atomic mass is 9.73. The quantitative estimate of drug-likeness (QED) is 0.869. The number of hydrogen-bond acceptors (Lipinski definition) is 5. The summed E-state index contributed by atoms with van der Waals surface area (Å²) < 4.78 is 0. The molecule has 0 aliphatic carbocycles. The first-order chi connectivity index (χ1) is 11.6. The smallest absolute Gasteiger partial charge is 0.134 e. The van der Waals surface area contributed by atoms with Gasteiger partial charge in [-0.3, -0.25) is 0 Å². The van der Waals surface area contributed by atoms with Crippen LogP contribution in [0.2, 0.25) is 10.0 Å². The van der Waals surface area contributed by atoms with E-state index in [0.717, 1.165) is 43.1 Å². The van der Waals surface area contributed by atoms with Crippen molar-refractivity contribution >= 4 is 34.8 Å². The van der Waals surface area contributed by atoms with E-state index in [1.165, 1.54) is 0 Å². The molecule has 1 aliphatic heterocycles. The SMILES string of the molecule is CNc1cc(N2CCC(CN)(c3ccc(Cl)c(Cl)c3)CC2)ncn1. The number of aromatic nitrogens is 2. The molecular formula is C17H21Cl2N5. The van der Waals surface area contributed by atoms with Crippen LogP contribution in [0.1, 0.15) is 18.4 Å². The van der Waals surface area contributed by atoms with Gasteiger partial charge >= 0.3 is 0 Å². The van der Waals surface area contributed by atoms with E-state index in [0.29, 0.717) is 16.6 Å². The van der Waals surface area contributed by atoms with Gasteiger partial charge in [0.05, 0.1) is 10.0 Å². The molecule has 1 saturated heterocycles. The zero-order chi connectivity index (χ0) is 17.2. The van der Waals surface area contributed by atoms with Gasteiger partial charge in [0.1, 0.15) is 18.0 Å². The van der Waals surface area contributed by atoms with Crippen LogP contribution in [0.3, 0.4) is 0 Å². The summed E-state index contributed by atoms with van der Waals surface area (Å²) in [4.78, 5) is 10.8. The van der Waals surface area contributed by atoms with Gasteiger partial charge in [-0.2, -0.15) is 0 Å². The predicted octanol–water partition coefficient (Wildman–Crippen LogP) is 3.32. The molecule has 2 heterocycles. The summed E-state index contributed by atoms with van der Waals surface area (Å²) in [5.74, 6) is 1.76. The van der Waals surface area contributed by atoms with Crippen molar-refractivity contribution in [3.8, 4) is 0 Å². The highest BCUT2D eigenvalue weighted by Gasteiger charge is 2.35. The van der Waals surface area contributed by atoms with Crippen LogP contribution in [-0.4, -0.2) is 36.6 Å². The first-order valence-corrected chi connectivity index (χ1v) is 8.74. The molecule has 0 unspecified atom stereocenters. The number of piperidine rings is 1. The van der Waals surface area contributed by atoms with E-state index in [1.54, 1.807) is 6.33 Å². The fourth-order valence-electron chi connectivity index (χ4n) is 3.26. The van der Waals surface area contributed by atoms with Crippen molar-refractivity contribution in [1.29, 1.82) is 0 Å². The lowest BCUT2D eigenvalue weighted by molar-refractivity contribution is 0.339. The van der Waals surface area contributed by atoms with Gasteiger partial charge in [-0.15, -0.1) is 0 Å². The van der Waals surface area contributed by atoms with E-state index in [4.69, 9.17) is 28.9 Å². The van der Waals surface area contributed by atoms with Crippen LogP contribution in [0.4, 0.5) is 11.6 Å². The fraction of sp³-hybridized carbons (Fsp3) is 0.412. The summed E-state index contributed by atoms with van der Waals surface area (Å²) >= 11 is 12.3. The minimum Gasteiger partial charge on any atom is -0.373 e. The van der Waals surface area contributed by atoms with Crippen molar-refractivity contribution in [2.75, 3.05) is 36.9 Å². The normalized spacial score (nSPS) is 16.9. The van der Waals surface area contributed by atoms with E-state index in [9.17, 15) is 0 Å². The van der Waals surface area contributed by atoms with Crippen molar-refractivity contribution in [2.45, 2.75) is 18.3 Å². The predicted molar refractivity (Wildman–Crippen MR) is 100 cm³/mol. The van der Waals surface area contributed by atoms with Crippen LogP contribution >= 0.6 is 23.2 Å². The van der Waals surface area contributed by atoms with Crippen LogP contribution in [0.5, 0.6) is 0 Å². The zero-order valence-electron chi connectivity index (χ0n) is 13.6. The summed E-state index contributed by atoms with van der Waals surface area (Å²) in [5.41, 5.74) is 7.26. The minimum atomic E-state index is -0.0659. The van der Waals surface area contributed by atoms with Gasteiger partial charge in [-0.1, -0.05) is 29.3 Å². The molecule has 128 valence electrons. The molecule has 5 nitrogen and oxygen atoms in total. The maximum atomic E-state index is 6.20. The summed E-state index contributed by atoms with van der Waals surface area (Å²) in [5, 5.41) is 4.20. The third-order valence-corrected chi connectivity index (χ3v) is 5.62. The monoisotopic (exact) mass is 365 g/mol. The number of nitrogens with two attached hydrogens (primary N) is 1. The molecule has 1 fully saturated rings. The van der Waals surface area contributed by atoms with Crippen molar-refractivity contribution in [2.24, 2.45) is 5.73 Å². The first kappa shape index (κ1) is 17.3. The molecule has 1 aliphatic rings. The average molecular weight is 366 g/mol. The Balaban J connectivity index is 1.79. The average Bonchev–Trinajstić information content (AvgIpc) is 2.64. The van der Waals surface area contributed by atoms with E-state index in [-0.39, 0.29) is 5.41 Å².